The number of hydrogen-bond donors (Lipinski definition) is 1. The van der Waals surface area contributed by atoms with Gasteiger partial charge < -0.3 is 5.32 Å². The summed E-state index contributed by atoms with van der Waals surface area (Å²) in [6.07, 6.45) is 3.41. The third kappa shape index (κ3) is 4.38. The molecule has 1 aromatic heterocycles. The number of nitrogens with one attached hydrogen (secondary N) is 1. The molecule has 1 aromatic carbocycles. The molecule has 0 bridgehead atoms. The van der Waals surface area contributed by atoms with E-state index in [-0.39, 0.29) is 0 Å². The van der Waals surface area contributed by atoms with Gasteiger partial charge in [0.25, 0.3) is 0 Å². The maximum absolute atomic E-state index is 4.31. The first-order valence-electron chi connectivity index (χ1n) is 7.24. The van der Waals surface area contributed by atoms with E-state index < -0.39 is 0 Å². The SMILES string of the molecule is CCN(CC)C(CNc1ncncc1I)c1ccccc1. The van der Waals surface area contributed by atoms with Crippen molar-refractivity contribution in [3.05, 3.63) is 52.0 Å². The summed E-state index contributed by atoms with van der Waals surface area (Å²) in [5, 5.41) is 3.46. The van der Waals surface area contributed by atoms with Crippen molar-refractivity contribution in [3.8, 4) is 0 Å². The Labute approximate surface area is 140 Å². The van der Waals surface area contributed by atoms with Gasteiger partial charge >= 0.3 is 0 Å². The van der Waals surface area contributed by atoms with Gasteiger partial charge in [-0.1, -0.05) is 44.2 Å². The van der Waals surface area contributed by atoms with Crippen molar-refractivity contribution in [2.75, 3.05) is 25.0 Å². The summed E-state index contributed by atoms with van der Waals surface area (Å²) in [7, 11) is 0. The zero-order valence-electron chi connectivity index (χ0n) is 12.5. The van der Waals surface area contributed by atoms with Crippen LogP contribution in [0.1, 0.15) is 25.5 Å². The predicted molar refractivity (Wildman–Crippen MR) is 95.3 cm³/mol. The van der Waals surface area contributed by atoms with E-state index in [2.05, 4.69) is 87.0 Å². The van der Waals surface area contributed by atoms with Crippen LogP contribution in [0.3, 0.4) is 0 Å². The monoisotopic (exact) mass is 396 g/mol. The molecule has 4 nitrogen and oxygen atoms in total. The maximum Gasteiger partial charge on any atom is 0.142 e. The van der Waals surface area contributed by atoms with Crippen LogP contribution in [-0.4, -0.2) is 34.5 Å². The van der Waals surface area contributed by atoms with Gasteiger partial charge in [-0.2, -0.15) is 0 Å². The molecule has 0 radical (unpaired) electrons. The molecule has 0 aliphatic rings. The topological polar surface area (TPSA) is 41.0 Å². The highest BCUT2D eigenvalue weighted by atomic mass is 127. The average Bonchev–Trinajstić information content (AvgIpc) is 2.54. The minimum atomic E-state index is 0.340. The molecule has 1 unspecified atom stereocenters. The Bertz CT molecular complexity index is 543. The van der Waals surface area contributed by atoms with Gasteiger partial charge in [0.05, 0.1) is 9.61 Å². The highest BCUT2D eigenvalue weighted by Gasteiger charge is 2.18. The first-order valence-corrected chi connectivity index (χ1v) is 8.32. The van der Waals surface area contributed by atoms with Gasteiger partial charge in [0.15, 0.2) is 0 Å². The van der Waals surface area contributed by atoms with Crippen LogP contribution in [0.15, 0.2) is 42.9 Å². The van der Waals surface area contributed by atoms with Crippen LogP contribution in [0.5, 0.6) is 0 Å². The third-order valence-electron chi connectivity index (χ3n) is 3.57. The number of aromatic nitrogens is 2. The lowest BCUT2D eigenvalue weighted by atomic mass is 10.1. The second-order valence-corrected chi connectivity index (χ2v) is 5.91. The number of rotatable bonds is 7. The lowest BCUT2D eigenvalue weighted by molar-refractivity contribution is 0.228. The van der Waals surface area contributed by atoms with Crippen molar-refractivity contribution in [1.82, 2.24) is 14.9 Å². The van der Waals surface area contributed by atoms with Gasteiger partial charge in [0, 0.05) is 12.7 Å². The number of hydrogen-bond acceptors (Lipinski definition) is 4. The zero-order chi connectivity index (χ0) is 15.1. The van der Waals surface area contributed by atoms with Gasteiger partial charge in [-0.05, 0) is 41.2 Å². The fourth-order valence-electron chi connectivity index (χ4n) is 2.43. The van der Waals surface area contributed by atoms with Crippen LogP contribution in [0, 0.1) is 3.57 Å². The molecule has 5 heteroatoms. The van der Waals surface area contributed by atoms with Crippen LogP contribution in [0.25, 0.3) is 0 Å². The van der Waals surface area contributed by atoms with Crippen molar-refractivity contribution >= 4 is 28.4 Å². The Morgan fingerprint density at radius 1 is 1.19 bits per heavy atom. The van der Waals surface area contributed by atoms with Crippen molar-refractivity contribution in [3.63, 3.8) is 0 Å². The first kappa shape index (κ1) is 16.2. The van der Waals surface area contributed by atoms with Gasteiger partial charge in [-0.3, -0.25) is 4.90 Å². The molecule has 0 fully saturated rings. The summed E-state index contributed by atoms with van der Waals surface area (Å²) in [5.41, 5.74) is 1.33. The Balaban J connectivity index is 2.15. The maximum atomic E-state index is 4.31. The Morgan fingerprint density at radius 2 is 1.90 bits per heavy atom. The summed E-state index contributed by atoms with van der Waals surface area (Å²) in [6.45, 7) is 7.29. The Kier molecular flexibility index (Phi) is 6.38. The van der Waals surface area contributed by atoms with E-state index in [1.165, 1.54) is 5.56 Å². The van der Waals surface area contributed by atoms with E-state index in [1.807, 2.05) is 6.20 Å². The van der Waals surface area contributed by atoms with Crippen molar-refractivity contribution in [1.29, 1.82) is 0 Å². The molecule has 2 aromatic rings. The highest BCUT2D eigenvalue weighted by molar-refractivity contribution is 14.1. The quantitative estimate of drug-likeness (QED) is 0.727. The van der Waals surface area contributed by atoms with Crippen LogP contribution in [-0.2, 0) is 0 Å². The predicted octanol–water partition coefficient (Wildman–Crippen LogP) is 3.58. The van der Waals surface area contributed by atoms with Crippen molar-refractivity contribution < 1.29 is 0 Å². The third-order valence-corrected chi connectivity index (χ3v) is 4.36. The minimum Gasteiger partial charge on any atom is -0.367 e. The number of nitrogens with zero attached hydrogens (tertiary/aromatic N) is 3. The van der Waals surface area contributed by atoms with E-state index in [4.69, 9.17) is 0 Å². The van der Waals surface area contributed by atoms with E-state index in [0.717, 1.165) is 29.0 Å². The second-order valence-electron chi connectivity index (χ2n) is 4.75. The van der Waals surface area contributed by atoms with Crippen LogP contribution < -0.4 is 5.32 Å². The smallest absolute Gasteiger partial charge is 0.142 e. The minimum absolute atomic E-state index is 0.340. The van der Waals surface area contributed by atoms with Crippen LogP contribution in [0.2, 0.25) is 0 Å². The summed E-state index contributed by atoms with van der Waals surface area (Å²) >= 11 is 2.26. The fraction of sp³-hybridized carbons (Fsp3) is 0.375. The normalized spacial score (nSPS) is 12.4. The molecule has 21 heavy (non-hydrogen) atoms. The molecule has 2 rings (SSSR count). The molecule has 1 atom stereocenters. The molecule has 0 saturated carbocycles. The molecule has 0 spiro atoms. The van der Waals surface area contributed by atoms with E-state index in [1.54, 1.807) is 6.33 Å². The molecule has 0 aliphatic carbocycles. The van der Waals surface area contributed by atoms with E-state index >= 15 is 0 Å². The number of halogens is 1. The standard InChI is InChI=1S/C16H21IN4/c1-3-21(4-2)15(13-8-6-5-7-9-13)11-19-16-14(17)10-18-12-20-16/h5-10,12,15H,3-4,11H2,1-2H3,(H,18,19,20). The highest BCUT2D eigenvalue weighted by Crippen LogP contribution is 2.22. The molecule has 1 heterocycles. The van der Waals surface area contributed by atoms with E-state index in [0.29, 0.717) is 6.04 Å². The molecule has 0 aliphatic heterocycles. The molecule has 0 amide bonds. The molecular formula is C16H21IN4. The van der Waals surface area contributed by atoms with E-state index in [9.17, 15) is 0 Å². The van der Waals surface area contributed by atoms with Crippen molar-refractivity contribution in [2.24, 2.45) is 0 Å². The van der Waals surface area contributed by atoms with Gasteiger partial charge in [-0.25, -0.2) is 9.97 Å². The molecule has 1 N–H and O–H groups in total. The Morgan fingerprint density at radius 3 is 2.52 bits per heavy atom. The molecule has 112 valence electrons. The summed E-state index contributed by atoms with van der Waals surface area (Å²) in [4.78, 5) is 10.8. The zero-order valence-corrected chi connectivity index (χ0v) is 14.6. The number of likely N-dealkylation sites (N-methyl/N-ethyl adjacent to an activating group) is 1. The summed E-state index contributed by atoms with van der Waals surface area (Å²) in [6, 6.07) is 11.0. The van der Waals surface area contributed by atoms with Gasteiger partial charge in [0.2, 0.25) is 0 Å². The van der Waals surface area contributed by atoms with Gasteiger partial charge in [0.1, 0.15) is 12.1 Å². The fourth-order valence-corrected chi connectivity index (χ4v) is 2.92. The lowest BCUT2D eigenvalue weighted by Crippen LogP contribution is -2.33. The summed E-state index contributed by atoms with van der Waals surface area (Å²) in [5.74, 6) is 0.902. The summed E-state index contributed by atoms with van der Waals surface area (Å²) < 4.78 is 1.04. The number of benzene rings is 1. The molecule has 0 saturated heterocycles. The lowest BCUT2D eigenvalue weighted by Gasteiger charge is -2.30. The Hall–Kier alpha value is -1.21. The van der Waals surface area contributed by atoms with Gasteiger partial charge in [-0.15, -0.1) is 0 Å². The van der Waals surface area contributed by atoms with Crippen LogP contribution in [0.4, 0.5) is 5.82 Å². The first-order chi connectivity index (χ1) is 10.3. The average molecular weight is 396 g/mol. The van der Waals surface area contributed by atoms with Crippen molar-refractivity contribution in [2.45, 2.75) is 19.9 Å². The largest absolute Gasteiger partial charge is 0.367 e. The number of anilines is 1. The van der Waals surface area contributed by atoms with Crippen LogP contribution >= 0.6 is 22.6 Å². The second kappa shape index (κ2) is 8.29. The molecular weight excluding hydrogens is 375 g/mol.